The maximum atomic E-state index is 10.7. The van der Waals surface area contributed by atoms with Crippen LogP contribution < -0.4 is 27.4 Å². The van der Waals surface area contributed by atoms with E-state index in [2.05, 4.69) is 64.3 Å². The molecular formula is C62H132N16O12S. The number of nitrogens with one attached hydrogen (secondary N) is 3. The van der Waals surface area contributed by atoms with Crippen LogP contribution in [0.3, 0.4) is 0 Å². The zero-order valence-electron chi connectivity index (χ0n) is 60.8. The van der Waals surface area contributed by atoms with Crippen molar-refractivity contribution in [3.63, 3.8) is 0 Å². The van der Waals surface area contributed by atoms with E-state index in [0.717, 1.165) is 104 Å². The molecule has 0 aliphatic carbocycles. The molecule has 6 amide bonds. The van der Waals surface area contributed by atoms with E-state index in [0.29, 0.717) is 46.0 Å². The van der Waals surface area contributed by atoms with E-state index in [1.165, 1.54) is 95.4 Å². The van der Waals surface area contributed by atoms with Gasteiger partial charge in [0.1, 0.15) is 9.84 Å². The number of nitrogens with two attached hydrogens (primary N) is 2. The number of ether oxygens (including phenoxy) is 4. The third-order valence-electron chi connectivity index (χ3n) is 13.0. The quantitative estimate of drug-likeness (QED) is 0.0663. The summed E-state index contributed by atoms with van der Waals surface area (Å²) in [6, 6.07) is 0. The van der Waals surface area contributed by atoms with Gasteiger partial charge in [-0.2, -0.15) is 0 Å². The Morgan fingerprint density at radius 3 is 1.40 bits per heavy atom. The van der Waals surface area contributed by atoms with E-state index >= 15 is 0 Å². The minimum atomic E-state index is -2.95. The predicted octanol–water partition coefficient (Wildman–Crippen LogP) is 2.24. The van der Waals surface area contributed by atoms with Gasteiger partial charge in [-0.05, 0) is 93.3 Å². The smallest absolute Gasteiger partial charge is 0.219 e. The van der Waals surface area contributed by atoms with Crippen LogP contribution in [0.1, 0.15) is 121 Å². The number of morpholine rings is 1. The Morgan fingerprint density at radius 2 is 1.12 bits per heavy atom. The molecule has 0 atom stereocenters. The fourth-order valence-corrected chi connectivity index (χ4v) is 7.25. The van der Waals surface area contributed by atoms with Gasteiger partial charge in [0.15, 0.2) is 5.96 Å². The number of hydrogen-bond donors (Lipinski definition) is 5. The zero-order valence-corrected chi connectivity index (χ0v) is 61.6. The zero-order chi connectivity index (χ0) is 71.0. The van der Waals surface area contributed by atoms with Crippen LogP contribution >= 0.6 is 0 Å². The number of sulfone groups is 1. The Hall–Kier alpha value is -5.43. The first kappa shape index (κ1) is 96.7. The fourth-order valence-electron chi connectivity index (χ4n) is 6.64. The van der Waals surface area contributed by atoms with E-state index in [4.69, 9.17) is 25.7 Å². The lowest BCUT2D eigenvalue weighted by Crippen LogP contribution is -2.39. The molecule has 5 rings (SSSR count). The second kappa shape index (κ2) is 67.5. The van der Waals surface area contributed by atoms with Gasteiger partial charge in [0.05, 0.1) is 51.2 Å². The molecule has 2 fully saturated rings. The lowest BCUT2D eigenvalue weighted by molar-refractivity contribution is -0.130. The Kier molecular flexibility index (Phi) is 71.7. The van der Waals surface area contributed by atoms with Crippen molar-refractivity contribution in [2.45, 2.75) is 121 Å². The van der Waals surface area contributed by atoms with E-state index in [1.54, 1.807) is 71.0 Å². The molecule has 0 aromatic carbocycles. The molecule has 0 unspecified atom stereocenters. The number of aliphatic imine (C=N–C) groups is 4. The topological polar surface area (TPSA) is 334 Å². The number of rotatable bonds is 20. The van der Waals surface area contributed by atoms with E-state index in [-0.39, 0.29) is 53.7 Å². The van der Waals surface area contributed by atoms with Crippen LogP contribution in [0, 0.1) is 0 Å². The van der Waals surface area contributed by atoms with Gasteiger partial charge < -0.3 is 75.8 Å². The van der Waals surface area contributed by atoms with Crippen molar-refractivity contribution in [3.05, 3.63) is 0 Å². The van der Waals surface area contributed by atoms with Gasteiger partial charge in [-0.1, -0.05) is 6.92 Å². The molecule has 29 heteroatoms. The molecule has 5 heterocycles. The molecule has 0 aromatic heterocycles. The lowest BCUT2D eigenvalue weighted by Gasteiger charge is -2.26. The molecule has 0 spiro atoms. The number of carbonyl (C=O) groups excluding carboxylic acids is 6. The number of guanidine groups is 1. The van der Waals surface area contributed by atoms with E-state index < -0.39 is 9.84 Å². The highest BCUT2D eigenvalue weighted by molar-refractivity contribution is 7.90. The Morgan fingerprint density at radius 1 is 0.637 bits per heavy atom. The minimum absolute atomic E-state index is 0.0120. The monoisotopic (exact) mass is 1320 g/mol. The largest absolute Gasteiger partial charge is 0.383 e. The first-order valence-corrected chi connectivity index (χ1v) is 33.7. The van der Waals surface area contributed by atoms with Gasteiger partial charge >= 0.3 is 0 Å². The molecule has 0 radical (unpaired) electrons. The second-order valence-corrected chi connectivity index (χ2v) is 24.0. The predicted molar refractivity (Wildman–Crippen MR) is 374 cm³/mol. The molecule has 5 aliphatic heterocycles. The third-order valence-corrected chi connectivity index (χ3v) is 13.9. The summed E-state index contributed by atoms with van der Waals surface area (Å²) in [5, 5.41) is 8.78. The number of piperidine rings is 1. The summed E-state index contributed by atoms with van der Waals surface area (Å²) in [6.07, 6.45) is 11.1. The molecule has 0 bridgehead atoms. The van der Waals surface area contributed by atoms with Gasteiger partial charge in [-0.25, -0.2) is 8.42 Å². The number of likely N-dealkylation sites (N-methyl/N-ethyl adjacent to an activating group) is 5. The Balaban J connectivity index is -0.000000219. The average molecular weight is 1330 g/mol. The number of carbonyl (C=O) groups is 6. The average Bonchev–Trinajstić information content (AvgIpc) is 4.52. The highest BCUT2D eigenvalue weighted by Crippen LogP contribution is 2.08. The van der Waals surface area contributed by atoms with Gasteiger partial charge in [0.25, 0.3) is 0 Å². The van der Waals surface area contributed by atoms with Gasteiger partial charge in [0, 0.05) is 213 Å². The lowest BCUT2D eigenvalue weighted by atomic mass is 10.1. The minimum Gasteiger partial charge on any atom is -0.383 e. The third kappa shape index (κ3) is 80.6. The molecule has 28 nitrogen and oxygen atoms in total. The number of amidine groups is 1. The summed E-state index contributed by atoms with van der Waals surface area (Å²) >= 11 is 0. The maximum Gasteiger partial charge on any atom is 0.219 e. The van der Waals surface area contributed by atoms with Gasteiger partial charge in [-0.15, -0.1) is 0 Å². The number of nitrogens with zero attached hydrogens (tertiary/aromatic N) is 11. The molecule has 5 aliphatic rings. The molecule has 7 N–H and O–H groups in total. The molecule has 538 valence electrons. The van der Waals surface area contributed by atoms with Crippen molar-refractivity contribution in [3.8, 4) is 0 Å². The maximum absolute atomic E-state index is 10.7. The van der Waals surface area contributed by atoms with E-state index in [1.807, 2.05) is 46.9 Å². The Bertz CT molecular complexity index is 2010. The van der Waals surface area contributed by atoms with E-state index in [9.17, 15) is 37.2 Å². The Labute approximate surface area is 551 Å². The summed E-state index contributed by atoms with van der Waals surface area (Å²) in [4.78, 5) is 91.9. The first-order valence-electron chi connectivity index (χ1n) is 31.7. The van der Waals surface area contributed by atoms with Crippen molar-refractivity contribution in [1.82, 2.24) is 50.2 Å². The standard InChI is InChI=1S/2C7H16N2O.C7H13NO.C6H13NO3S.2C6H13NO2.C6H11N.C5H11NO2.C5H9N.C4H8N2.C3H9N3/c1-8-2-3-9-4-6-10-7-5-9;1-7(10)9(4)6-5-8(2)3;1-7(9)8-5-3-2-4-6-8;1-6(8)7(2)4-5-11(3,9)10;2*1-6(8)7(2)4-5-9-3;1-2-6-4-3-5-7-6;1-5(7)6-3-4-8-2;1-5-3-2-4-6-5;1-4-5-2-3-6-4;1-2-6-3(4)5/h8H,2-7H2,1H3;5-6H2,1-4H3;2-6H2,1H3;4-5H2,1-3H3;2*4-5H2,1-3H3;2-5H2,1H3;3-4H2,1-2H3,(H,6,7);2-4H2,1H3;2-3H2,1H3,(H,5,6);2H2,1H3,(H4,4,5,6). The van der Waals surface area contributed by atoms with Crippen molar-refractivity contribution < 1.29 is 56.1 Å². The number of likely N-dealkylation sites (tertiary alicyclic amines) is 1. The van der Waals surface area contributed by atoms with Crippen LogP contribution in [0.2, 0.25) is 0 Å². The summed E-state index contributed by atoms with van der Waals surface area (Å²) in [5.74, 6) is 1.65. The molecule has 2 saturated heterocycles. The van der Waals surface area contributed by atoms with Crippen LogP contribution in [0.15, 0.2) is 20.0 Å². The second-order valence-electron chi connectivity index (χ2n) is 21.7. The van der Waals surface area contributed by atoms with Crippen LogP contribution in [0.5, 0.6) is 0 Å². The van der Waals surface area contributed by atoms with Crippen LogP contribution in [-0.4, -0.2) is 328 Å². The number of hydrogen-bond acceptors (Lipinski definition) is 20. The SMILES string of the molecule is CC(=O)N(C)CCN(C)C.CC(=O)N(C)CCS(C)(=O)=O.CC(=O)N1CCCCC1.CC1=NCCC1.CC1=NCCN1.CCC1=NCCC1.CCN=C(N)N.CNCCN1CCOCC1.COCCN(C)C(C)=O.COCCN(C)C(C)=O.COCCNC(C)=O. The molecule has 91 heavy (non-hydrogen) atoms. The first-order chi connectivity index (χ1) is 42.7. The molecular weight excluding hydrogens is 1190 g/mol. The van der Waals surface area contributed by atoms with Crippen molar-refractivity contribution >= 4 is 68.5 Å². The van der Waals surface area contributed by atoms with Crippen LogP contribution in [-0.2, 0) is 57.6 Å². The van der Waals surface area contributed by atoms with Crippen molar-refractivity contribution in [1.29, 1.82) is 0 Å². The summed E-state index contributed by atoms with van der Waals surface area (Å²) in [5.41, 5.74) is 12.6. The molecule has 0 aromatic rings. The van der Waals surface area contributed by atoms with Crippen LogP contribution in [0.25, 0.3) is 0 Å². The van der Waals surface area contributed by atoms with Gasteiger partial charge in [0.2, 0.25) is 35.4 Å². The summed E-state index contributed by atoms with van der Waals surface area (Å²) < 4.78 is 40.7. The fraction of sp³-hybridized carbons (Fsp3) is 0.839. The number of methoxy groups -OCH3 is 3. The highest BCUT2D eigenvalue weighted by Gasteiger charge is 2.12. The number of amides is 6. The van der Waals surface area contributed by atoms with Gasteiger partial charge in [-0.3, -0.25) is 53.6 Å². The highest BCUT2D eigenvalue weighted by atomic mass is 32.2. The van der Waals surface area contributed by atoms with Crippen molar-refractivity contribution in [2.24, 2.45) is 31.4 Å². The summed E-state index contributed by atoms with van der Waals surface area (Å²) in [6.45, 7) is 36.1. The van der Waals surface area contributed by atoms with Crippen LogP contribution in [0.4, 0.5) is 0 Å². The normalized spacial score (nSPS) is 14.1. The van der Waals surface area contributed by atoms with Crippen molar-refractivity contribution in [2.75, 3.05) is 227 Å². The summed E-state index contributed by atoms with van der Waals surface area (Å²) in [7, 11) is 14.8. The molecule has 0 saturated carbocycles.